The van der Waals surface area contributed by atoms with Crippen LogP contribution in [0.1, 0.15) is 46.4 Å². The summed E-state index contributed by atoms with van der Waals surface area (Å²) in [6, 6.07) is 4.00. The fourth-order valence-corrected chi connectivity index (χ4v) is 3.13. The number of carboxylic acids is 1. The number of ether oxygens (including phenoxy) is 2. The molecule has 2 rings (SSSR count). The predicted octanol–water partition coefficient (Wildman–Crippen LogP) is 0.755. The number of aliphatic carboxylic acids is 1. The summed E-state index contributed by atoms with van der Waals surface area (Å²) in [7, 11) is 2.38. The maximum absolute atomic E-state index is 12.5. The van der Waals surface area contributed by atoms with E-state index in [1.807, 2.05) is 0 Å². The molecule has 0 saturated heterocycles. The van der Waals surface area contributed by atoms with Crippen molar-refractivity contribution in [3.8, 4) is 0 Å². The van der Waals surface area contributed by atoms with Gasteiger partial charge >= 0.3 is 11.9 Å². The minimum absolute atomic E-state index is 0.0609. The fourth-order valence-electron chi connectivity index (χ4n) is 3.13. The van der Waals surface area contributed by atoms with E-state index >= 15 is 0 Å². The molecule has 1 aliphatic carbocycles. The van der Waals surface area contributed by atoms with Crippen molar-refractivity contribution < 1.29 is 33.8 Å². The third-order valence-corrected chi connectivity index (χ3v) is 4.45. The summed E-state index contributed by atoms with van der Waals surface area (Å²) in [5, 5.41) is 13.9. The zero-order chi connectivity index (χ0) is 19.3. The van der Waals surface area contributed by atoms with Gasteiger partial charge in [-0.2, -0.15) is 0 Å². The Labute approximate surface area is 150 Å². The molecule has 26 heavy (non-hydrogen) atoms. The van der Waals surface area contributed by atoms with E-state index in [-0.39, 0.29) is 16.8 Å². The van der Waals surface area contributed by atoms with Crippen molar-refractivity contribution >= 4 is 29.5 Å². The molecule has 0 spiro atoms. The van der Waals surface area contributed by atoms with E-state index < -0.39 is 35.7 Å². The second-order valence-corrected chi connectivity index (χ2v) is 6.09. The quantitative estimate of drug-likeness (QED) is 0.767. The molecule has 0 heterocycles. The van der Waals surface area contributed by atoms with Crippen LogP contribution >= 0.6 is 0 Å². The van der Waals surface area contributed by atoms with Crippen molar-refractivity contribution in [2.45, 2.75) is 25.7 Å². The fraction of sp³-hybridized carbons (Fsp3) is 0.444. The van der Waals surface area contributed by atoms with E-state index in [0.717, 1.165) is 12.8 Å². The summed E-state index contributed by atoms with van der Waals surface area (Å²) in [4.78, 5) is 47.4. The average Bonchev–Trinajstić information content (AvgIpc) is 2.66. The number of hydrogen-bond acceptors (Lipinski definition) is 7. The minimum atomic E-state index is -1.25. The molecule has 0 radical (unpaired) electrons. The molecular weight excluding hydrogens is 342 g/mol. The van der Waals surface area contributed by atoms with Gasteiger partial charge < -0.3 is 24.7 Å². The van der Waals surface area contributed by atoms with Gasteiger partial charge in [0.25, 0.3) is 0 Å². The van der Waals surface area contributed by atoms with E-state index in [2.05, 4.69) is 14.8 Å². The van der Waals surface area contributed by atoms with Gasteiger partial charge in [-0.3, -0.25) is 4.79 Å². The Kier molecular flexibility index (Phi) is 6.32. The van der Waals surface area contributed by atoms with Gasteiger partial charge in [0.05, 0.1) is 25.3 Å². The zero-order valence-electron chi connectivity index (χ0n) is 14.6. The third kappa shape index (κ3) is 4.38. The highest BCUT2D eigenvalue weighted by Gasteiger charge is 2.32. The normalized spacial score (nSPS) is 19.3. The Morgan fingerprint density at radius 3 is 1.88 bits per heavy atom. The lowest BCUT2D eigenvalue weighted by atomic mass is 9.78. The number of nitrogens with one attached hydrogen (secondary N) is 1. The van der Waals surface area contributed by atoms with Crippen LogP contribution in [0.4, 0.5) is 5.69 Å². The van der Waals surface area contributed by atoms with Gasteiger partial charge in [0, 0.05) is 23.5 Å². The number of anilines is 1. The second kappa shape index (κ2) is 8.46. The molecule has 1 amide bonds. The molecule has 0 aliphatic heterocycles. The molecule has 8 nitrogen and oxygen atoms in total. The SMILES string of the molecule is COC(=O)c1cc(NC(=O)[C@H]2CCCC[C@@H]2C(=O)[O-])cc(C(=O)OC)c1. The first-order valence-electron chi connectivity index (χ1n) is 8.20. The standard InChI is InChI=1S/C18H21NO7/c1-25-17(23)10-7-11(18(24)26-2)9-12(8-10)19-15(20)13-5-3-4-6-14(13)16(21)22/h7-9,13-14H,3-6H2,1-2H3,(H,19,20)(H,21,22)/p-1/t13-,14-/m0/s1. The van der Waals surface area contributed by atoms with Crippen molar-refractivity contribution in [2.75, 3.05) is 19.5 Å². The molecule has 1 aromatic rings. The van der Waals surface area contributed by atoms with Crippen molar-refractivity contribution in [2.24, 2.45) is 11.8 Å². The van der Waals surface area contributed by atoms with Gasteiger partial charge in [-0.1, -0.05) is 12.8 Å². The lowest BCUT2D eigenvalue weighted by Crippen LogP contribution is -2.42. The first-order chi connectivity index (χ1) is 12.4. The smallest absolute Gasteiger partial charge is 0.337 e. The van der Waals surface area contributed by atoms with Crippen LogP contribution in [0.15, 0.2) is 18.2 Å². The molecule has 8 heteroatoms. The number of hydrogen-bond donors (Lipinski definition) is 1. The van der Waals surface area contributed by atoms with Crippen LogP contribution in [0.3, 0.4) is 0 Å². The van der Waals surface area contributed by atoms with Crippen molar-refractivity contribution in [3.05, 3.63) is 29.3 Å². The number of amides is 1. The molecule has 1 N–H and O–H groups in total. The Morgan fingerprint density at radius 1 is 0.923 bits per heavy atom. The molecule has 0 unspecified atom stereocenters. The van der Waals surface area contributed by atoms with Gasteiger partial charge in [-0.05, 0) is 31.0 Å². The van der Waals surface area contributed by atoms with Crippen molar-refractivity contribution in [1.82, 2.24) is 0 Å². The van der Waals surface area contributed by atoms with Crippen LogP contribution < -0.4 is 10.4 Å². The summed E-state index contributed by atoms with van der Waals surface area (Å²) < 4.78 is 9.28. The van der Waals surface area contributed by atoms with Gasteiger partial charge in [0.1, 0.15) is 0 Å². The Bertz CT molecular complexity index is 694. The average molecular weight is 362 g/mol. The number of carboxylic acid groups (broad SMARTS) is 1. The molecule has 1 fully saturated rings. The maximum atomic E-state index is 12.5. The van der Waals surface area contributed by atoms with Crippen LogP contribution in [-0.4, -0.2) is 38.0 Å². The lowest BCUT2D eigenvalue weighted by molar-refractivity contribution is -0.313. The minimum Gasteiger partial charge on any atom is -0.550 e. The van der Waals surface area contributed by atoms with Gasteiger partial charge in [0.15, 0.2) is 0 Å². The third-order valence-electron chi connectivity index (χ3n) is 4.45. The number of rotatable bonds is 5. The Balaban J connectivity index is 2.29. The number of carbonyl (C=O) groups is 4. The molecule has 1 saturated carbocycles. The summed E-state index contributed by atoms with van der Waals surface area (Å²) in [6.07, 6.45) is 2.30. The van der Waals surface area contributed by atoms with Crippen molar-refractivity contribution in [1.29, 1.82) is 0 Å². The topological polar surface area (TPSA) is 122 Å². The summed E-state index contributed by atoms with van der Waals surface area (Å²) in [6.45, 7) is 0. The number of benzene rings is 1. The van der Waals surface area contributed by atoms with Crippen molar-refractivity contribution in [3.63, 3.8) is 0 Å². The highest BCUT2D eigenvalue weighted by Crippen LogP contribution is 2.31. The van der Waals surface area contributed by atoms with Gasteiger partial charge in [-0.25, -0.2) is 9.59 Å². The summed E-state index contributed by atoms with van der Waals surface area (Å²) in [5.74, 6) is -4.68. The first-order valence-corrected chi connectivity index (χ1v) is 8.20. The van der Waals surface area contributed by atoms with Gasteiger partial charge in [0.2, 0.25) is 5.91 Å². The van der Waals surface area contributed by atoms with E-state index in [1.165, 1.54) is 32.4 Å². The van der Waals surface area contributed by atoms with Crippen LogP contribution in [0, 0.1) is 11.8 Å². The van der Waals surface area contributed by atoms with Gasteiger partial charge in [-0.15, -0.1) is 0 Å². The maximum Gasteiger partial charge on any atom is 0.337 e. The van der Waals surface area contributed by atoms with E-state index in [4.69, 9.17) is 0 Å². The number of carbonyl (C=O) groups excluding carboxylic acids is 4. The highest BCUT2D eigenvalue weighted by atomic mass is 16.5. The Hall–Kier alpha value is -2.90. The predicted molar refractivity (Wildman–Crippen MR) is 88.2 cm³/mol. The number of methoxy groups -OCH3 is 2. The van der Waals surface area contributed by atoms with E-state index in [9.17, 15) is 24.3 Å². The first kappa shape index (κ1) is 19.4. The highest BCUT2D eigenvalue weighted by molar-refractivity contribution is 6.00. The molecule has 0 aromatic heterocycles. The van der Waals surface area contributed by atoms with Crippen LogP contribution in [0.2, 0.25) is 0 Å². The van der Waals surface area contributed by atoms with E-state index in [1.54, 1.807) is 0 Å². The summed E-state index contributed by atoms with van der Waals surface area (Å²) in [5.41, 5.74) is 0.303. The molecule has 2 atom stereocenters. The van der Waals surface area contributed by atoms with Crippen LogP contribution in [-0.2, 0) is 19.1 Å². The zero-order valence-corrected chi connectivity index (χ0v) is 14.6. The molecule has 1 aromatic carbocycles. The molecule has 1 aliphatic rings. The monoisotopic (exact) mass is 362 g/mol. The molecule has 140 valence electrons. The summed E-state index contributed by atoms with van der Waals surface area (Å²) >= 11 is 0. The van der Waals surface area contributed by atoms with Crippen LogP contribution in [0.5, 0.6) is 0 Å². The van der Waals surface area contributed by atoms with E-state index in [0.29, 0.717) is 12.8 Å². The number of esters is 2. The molecule has 0 bridgehead atoms. The molecular formula is C18H20NO7-. The Morgan fingerprint density at radius 2 is 1.42 bits per heavy atom. The second-order valence-electron chi connectivity index (χ2n) is 6.09. The lowest BCUT2D eigenvalue weighted by Gasteiger charge is -2.31. The largest absolute Gasteiger partial charge is 0.550 e. The van der Waals surface area contributed by atoms with Crippen LogP contribution in [0.25, 0.3) is 0 Å².